The lowest BCUT2D eigenvalue weighted by atomic mass is 10.0. The highest BCUT2D eigenvalue weighted by Gasteiger charge is 2.57. The Morgan fingerprint density at radius 3 is 2.78 bits per heavy atom. The van der Waals surface area contributed by atoms with Crippen LogP contribution in [0.4, 0.5) is 23.7 Å². The van der Waals surface area contributed by atoms with Gasteiger partial charge in [-0.05, 0) is 26.0 Å². The van der Waals surface area contributed by atoms with Crippen molar-refractivity contribution in [1.82, 2.24) is 9.88 Å². The number of aliphatic hydroxyl groups is 1. The smallest absolute Gasteiger partial charge is 0.419 e. The Kier molecular flexibility index (Phi) is 4.69. The maximum absolute atomic E-state index is 12.8. The summed E-state index contributed by atoms with van der Waals surface area (Å²) in [4.78, 5) is 17.0. The number of rotatable bonds is 3. The standard InChI is InChI=1S/C14H18F3N3O3/c1-9(2)23-11-10(4-3-6-18-11)19-12(21)20-7-5-13(22,8-20)14(15,16)17/h3-4,6,9,22H,5,7-8H2,1-2H3,(H,19,21). The zero-order valence-electron chi connectivity index (χ0n) is 12.7. The van der Waals surface area contributed by atoms with Crippen molar-refractivity contribution in [3.05, 3.63) is 18.3 Å². The maximum Gasteiger partial charge on any atom is 0.419 e. The van der Waals surface area contributed by atoms with Crippen molar-refractivity contribution >= 4 is 11.7 Å². The summed E-state index contributed by atoms with van der Waals surface area (Å²) in [5.74, 6) is 0.182. The van der Waals surface area contributed by atoms with E-state index in [2.05, 4.69) is 10.3 Å². The lowest BCUT2D eigenvalue weighted by molar-refractivity contribution is -0.253. The molecule has 1 aromatic heterocycles. The monoisotopic (exact) mass is 333 g/mol. The molecule has 0 radical (unpaired) electrons. The van der Waals surface area contributed by atoms with Crippen LogP contribution < -0.4 is 10.1 Å². The Morgan fingerprint density at radius 2 is 2.22 bits per heavy atom. The number of carbonyl (C=O) groups is 1. The van der Waals surface area contributed by atoms with Gasteiger partial charge in [0.2, 0.25) is 5.88 Å². The molecule has 1 aliphatic heterocycles. The summed E-state index contributed by atoms with van der Waals surface area (Å²) in [6.07, 6.45) is -4.03. The van der Waals surface area contributed by atoms with Crippen LogP contribution in [-0.2, 0) is 0 Å². The number of hydrogen-bond donors (Lipinski definition) is 2. The second-order valence-corrected chi connectivity index (χ2v) is 5.65. The zero-order valence-corrected chi connectivity index (χ0v) is 12.7. The van der Waals surface area contributed by atoms with Crippen LogP contribution in [0.2, 0.25) is 0 Å². The van der Waals surface area contributed by atoms with Gasteiger partial charge in [0.15, 0.2) is 5.60 Å². The molecule has 1 saturated heterocycles. The van der Waals surface area contributed by atoms with Gasteiger partial charge in [-0.25, -0.2) is 9.78 Å². The summed E-state index contributed by atoms with van der Waals surface area (Å²) in [6, 6.07) is 2.36. The van der Waals surface area contributed by atoms with E-state index >= 15 is 0 Å². The molecule has 6 nitrogen and oxygen atoms in total. The molecule has 1 fully saturated rings. The molecule has 1 unspecified atom stereocenters. The molecule has 1 aliphatic rings. The van der Waals surface area contributed by atoms with Crippen molar-refractivity contribution < 1.29 is 27.8 Å². The molecule has 0 bridgehead atoms. The van der Waals surface area contributed by atoms with Crippen molar-refractivity contribution in [3.63, 3.8) is 0 Å². The van der Waals surface area contributed by atoms with Crippen LogP contribution in [0, 0.1) is 0 Å². The summed E-state index contributed by atoms with van der Waals surface area (Å²) in [7, 11) is 0. The second-order valence-electron chi connectivity index (χ2n) is 5.65. The first-order chi connectivity index (χ1) is 10.6. The number of amides is 2. The zero-order chi connectivity index (χ0) is 17.3. The van der Waals surface area contributed by atoms with Gasteiger partial charge in [-0.3, -0.25) is 0 Å². The maximum atomic E-state index is 12.8. The van der Waals surface area contributed by atoms with Gasteiger partial charge in [0.25, 0.3) is 0 Å². The third kappa shape index (κ3) is 3.84. The number of urea groups is 1. The minimum Gasteiger partial charge on any atom is -0.473 e. The fourth-order valence-corrected chi connectivity index (χ4v) is 2.20. The van der Waals surface area contributed by atoms with E-state index in [0.717, 1.165) is 4.90 Å². The van der Waals surface area contributed by atoms with E-state index in [-0.39, 0.29) is 24.2 Å². The van der Waals surface area contributed by atoms with Crippen LogP contribution in [0.1, 0.15) is 20.3 Å². The number of alkyl halides is 3. The first kappa shape index (κ1) is 17.3. The van der Waals surface area contributed by atoms with Crippen LogP contribution in [-0.4, -0.2) is 52.0 Å². The summed E-state index contributed by atoms with van der Waals surface area (Å²) >= 11 is 0. The number of hydrogen-bond acceptors (Lipinski definition) is 4. The van der Waals surface area contributed by atoms with Gasteiger partial charge in [0.05, 0.1) is 12.6 Å². The Morgan fingerprint density at radius 1 is 1.52 bits per heavy atom. The van der Waals surface area contributed by atoms with E-state index in [9.17, 15) is 23.1 Å². The van der Waals surface area contributed by atoms with Gasteiger partial charge in [-0.1, -0.05) is 0 Å². The van der Waals surface area contributed by atoms with Crippen LogP contribution in [0.5, 0.6) is 5.88 Å². The van der Waals surface area contributed by atoms with E-state index in [4.69, 9.17) is 4.74 Å². The van der Waals surface area contributed by atoms with Crippen LogP contribution >= 0.6 is 0 Å². The number of halogens is 3. The Hall–Kier alpha value is -2.03. The van der Waals surface area contributed by atoms with E-state index in [1.54, 1.807) is 19.9 Å². The number of likely N-dealkylation sites (tertiary alicyclic amines) is 1. The van der Waals surface area contributed by atoms with Crippen LogP contribution in [0.15, 0.2) is 18.3 Å². The summed E-state index contributed by atoms with van der Waals surface area (Å²) in [6.45, 7) is 2.57. The molecule has 0 aliphatic carbocycles. The highest BCUT2D eigenvalue weighted by Crippen LogP contribution is 2.37. The number of pyridine rings is 1. The van der Waals surface area contributed by atoms with Crippen LogP contribution in [0.3, 0.4) is 0 Å². The summed E-state index contributed by atoms with van der Waals surface area (Å²) < 4.78 is 43.8. The molecule has 9 heteroatoms. The quantitative estimate of drug-likeness (QED) is 0.891. The molecule has 128 valence electrons. The van der Waals surface area contributed by atoms with Crippen molar-refractivity contribution in [1.29, 1.82) is 0 Å². The predicted octanol–water partition coefficient (Wildman–Crippen LogP) is 2.40. The predicted molar refractivity (Wildman–Crippen MR) is 76.2 cm³/mol. The molecule has 0 spiro atoms. The molecule has 0 saturated carbocycles. The molecular weight excluding hydrogens is 315 g/mol. The van der Waals surface area contributed by atoms with Gasteiger partial charge in [0, 0.05) is 19.2 Å². The van der Waals surface area contributed by atoms with Crippen LogP contribution in [0.25, 0.3) is 0 Å². The van der Waals surface area contributed by atoms with E-state index in [1.165, 1.54) is 12.3 Å². The fraction of sp³-hybridized carbons (Fsp3) is 0.571. The van der Waals surface area contributed by atoms with Gasteiger partial charge in [-0.2, -0.15) is 13.2 Å². The van der Waals surface area contributed by atoms with Gasteiger partial charge < -0.3 is 20.1 Å². The van der Waals surface area contributed by atoms with Crippen molar-refractivity contribution in [2.75, 3.05) is 18.4 Å². The lowest BCUT2D eigenvalue weighted by Gasteiger charge is -2.26. The van der Waals surface area contributed by atoms with Gasteiger partial charge in [-0.15, -0.1) is 0 Å². The summed E-state index contributed by atoms with van der Waals surface area (Å²) in [5, 5.41) is 12.1. The minimum absolute atomic E-state index is 0.178. The van der Waals surface area contributed by atoms with Crippen molar-refractivity contribution in [3.8, 4) is 5.88 Å². The van der Waals surface area contributed by atoms with E-state index in [0.29, 0.717) is 0 Å². The molecule has 1 atom stereocenters. The number of ether oxygens (including phenoxy) is 1. The number of nitrogens with zero attached hydrogens (tertiary/aromatic N) is 2. The molecular formula is C14H18F3N3O3. The highest BCUT2D eigenvalue weighted by molar-refractivity contribution is 5.90. The van der Waals surface area contributed by atoms with Crippen molar-refractivity contribution in [2.24, 2.45) is 0 Å². The number of aromatic nitrogens is 1. The van der Waals surface area contributed by atoms with Crippen molar-refractivity contribution in [2.45, 2.75) is 38.1 Å². The molecule has 0 aromatic carbocycles. The van der Waals surface area contributed by atoms with Gasteiger partial charge in [0.1, 0.15) is 5.69 Å². The van der Waals surface area contributed by atoms with E-state index < -0.39 is 30.8 Å². The topological polar surface area (TPSA) is 74.7 Å². The number of β-amino-alcohol motifs (C(OH)–C–C–N with tert-alkyl or cyclic N) is 1. The average molecular weight is 333 g/mol. The van der Waals surface area contributed by atoms with E-state index in [1.807, 2.05) is 0 Å². The Balaban J connectivity index is 2.07. The molecule has 2 heterocycles. The fourth-order valence-electron chi connectivity index (χ4n) is 2.20. The molecule has 23 heavy (non-hydrogen) atoms. The molecule has 2 N–H and O–H groups in total. The van der Waals surface area contributed by atoms with Gasteiger partial charge >= 0.3 is 12.2 Å². The average Bonchev–Trinajstić information content (AvgIpc) is 2.84. The highest BCUT2D eigenvalue weighted by atomic mass is 19.4. The number of carbonyl (C=O) groups excluding carboxylic acids is 1. The first-order valence-corrected chi connectivity index (χ1v) is 7.09. The second kappa shape index (κ2) is 6.23. The summed E-state index contributed by atoms with van der Waals surface area (Å²) in [5.41, 5.74) is -2.61. The minimum atomic E-state index is -4.78. The Bertz CT molecular complexity index is 580. The molecule has 2 rings (SSSR count). The normalized spacial score (nSPS) is 21.6. The third-order valence-corrected chi connectivity index (χ3v) is 3.42. The Labute approximate surface area is 131 Å². The number of anilines is 1. The molecule has 1 aromatic rings. The number of nitrogens with one attached hydrogen (secondary N) is 1. The third-order valence-electron chi connectivity index (χ3n) is 3.42. The largest absolute Gasteiger partial charge is 0.473 e. The molecule has 2 amide bonds. The lowest BCUT2D eigenvalue weighted by Crippen LogP contribution is -2.48. The SMILES string of the molecule is CC(C)Oc1ncccc1NC(=O)N1CCC(O)(C(F)(F)F)C1. The first-order valence-electron chi connectivity index (χ1n) is 7.09.